The third-order valence-corrected chi connectivity index (χ3v) is 8.29. The second kappa shape index (κ2) is 8.19. The number of aromatic nitrogens is 1. The van der Waals surface area contributed by atoms with Crippen molar-refractivity contribution in [1.29, 1.82) is 0 Å². The summed E-state index contributed by atoms with van der Waals surface area (Å²) in [4.78, 5) is 3.61. The Morgan fingerprint density at radius 1 is 0.879 bits per heavy atom. The Kier molecular flexibility index (Phi) is 5.15. The highest BCUT2D eigenvalue weighted by Crippen LogP contribution is 2.46. The number of anilines is 1. The van der Waals surface area contributed by atoms with Crippen molar-refractivity contribution >= 4 is 67.8 Å². The van der Waals surface area contributed by atoms with E-state index in [9.17, 15) is 0 Å². The molecule has 0 atom stereocenters. The Labute approximate surface area is 211 Å². The molecular formula is C29H22IN2S+. The lowest BCUT2D eigenvalue weighted by atomic mass is 9.98. The van der Waals surface area contributed by atoms with E-state index in [1.165, 1.54) is 57.7 Å². The van der Waals surface area contributed by atoms with Crippen LogP contribution in [0.4, 0.5) is 5.69 Å². The minimum atomic E-state index is 1.21. The first-order chi connectivity index (χ1) is 16.1. The van der Waals surface area contributed by atoms with E-state index in [2.05, 4.69) is 143 Å². The van der Waals surface area contributed by atoms with Gasteiger partial charge >= 0.3 is 0 Å². The van der Waals surface area contributed by atoms with Crippen LogP contribution in [0.2, 0.25) is 0 Å². The highest BCUT2D eigenvalue weighted by molar-refractivity contribution is 14.1. The van der Waals surface area contributed by atoms with E-state index in [1.807, 2.05) is 11.8 Å². The Bertz CT molecular complexity index is 1570. The zero-order valence-electron chi connectivity index (χ0n) is 18.4. The van der Waals surface area contributed by atoms with Crippen molar-refractivity contribution < 1.29 is 4.57 Å². The molecule has 6 rings (SSSR count). The fraction of sp³-hybridized carbons (Fsp3) is 0.0690. The smallest absolute Gasteiger partial charge is 0.214 e. The number of thioether (sulfide) groups is 1. The van der Waals surface area contributed by atoms with Gasteiger partial charge in [0.25, 0.3) is 0 Å². The molecular weight excluding hydrogens is 535 g/mol. The Hall–Kier alpha value is -2.83. The Morgan fingerprint density at radius 3 is 2.45 bits per heavy atom. The average Bonchev–Trinajstić information content (AvgIpc) is 3.16. The lowest BCUT2D eigenvalue weighted by Crippen LogP contribution is -2.32. The van der Waals surface area contributed by atoms with Crippen LogP contribution in [0.25, 0.3) is 39.0 Å². The molecule has 1 aliphatic rings. The lowest BCUT2D eigenvalue weighted by molar-refractivity contribution is -0.633. The predicted molar refractivity (Wildman–Crippen MR) is 149 cm³/mol. The maximum absolute atomic E-state index is 2.37. The highest BCUT2D eigenvalue weighted by atomic mass is 127. The lowest BCUT2D eigenvalue weighted by Gasteiger charge is -2.15. The highest BCUT2D eigenvalue weighted by Gasteiger charge is 2.24. The van der Waals surface area contributed by atoms with E-state index >= 15 is 0 Å². The third-order valence-electron chi connectivity index (χ3n) is 6.40. The summed E-state index contributed by atoms with van der Waals surface area (Å²) in [6.07, 6.45) is 2.36. The van der Waals surface area contributed by atoms with Crippen LogP contribution >= 0.6 is 34.4 Å². The summed E-state index contributed by atoms with van der Waals surface area (Å²) >= 11 is 4.21. The van der Waals surface area contributed by atoms with Crippen LogP contribution in [0.3, 0.4) is 0 Å². The molecule has 160 valence electrons. The summed E-state index contributed by atoms with van der Waals surface area (Å²) < 4.78 is 3.57. The molecule has 0 N–H and O–H groups in total. The number of benzene rings is 4. The number of aryl methyl sites for hydroxylation is 1. The molecule has 0 aliphatic carbocycles. The van der Waals surface area contributed by atoms with Crippen LogP contribution in [-0.2, 0) is 7.05 Å². The maximum atomic E-state index is 2.37. The van der Waals surface area contributed by atoms with Crippen LogP contribution in [0, 0.1) is 3.57 Å². The van der Waals surface area contributed by atoms with Crippen molar-refractivity contribution in [2.45, 2.75) is 4.90 Å². The number of halogens is 1. The number of hydrogen-bond acceptors (Lipinski definition) is 2. The number of para-hydroxylation sites is 1. The molecule has 2 nitrogen and oxygen atoms in total. The molecule has 0 amide bonds. The second-order valence-electron chi connectivity index (χ2n) is 8.34. The summed E-state index contributed by atoms with van der Waals surface area (Å²) in [5, 5.41) is 5.09. The summed E-state index contributed by atoms with van der Waals surface area (Å²) in [5.74, 6) is 0. The van der Waals surface area contributed by atoms with Crippen LogP contribution in [0.1, 0.15) is 5.56 Å². The first-order valence-corrected chi connectivity index (χ1v) is 12.8. The molecule has 0 spiro atoms. The molecule has 1 aromatic heterocycles. The second-order valence-corrected chi connectivity index (χ2v) is 10.7. The van der Waals surface area contributed by atoms with Gasteiger partial charge in [0.1, 0.15) is 7.05 Å². The standard InChI is InChI=1S/C29H22IN2S/c1-31-25-16-13-19-7-3-4-8-23(19)29(25)21(17-26(31)20-11-14-22(30)15-12-20)18-28-32(2)24-9-5-6-10-27(24)33-28/h3-18H,1-2H3/q+1. The predicted octanol–water partition coefficient (Wildman–Crippen LogP) is 7.63. The number of fused-ring (bicyclic) bond motifs is 4. The minimum absolute atomic E-state index is 1.21. The third kappa shape index (κ3) is 3.52. The number of hydrogen-bond donors (Lipinski definition) is 0. The quantitative estimate of drug-likeness (QED) is 0.125. The van der Waals surface area contributed by atoms with Gasteiger partial charge in [-0.1, -0.05) is 48.2 Å². The van der Waals surface area contributed by atoms with Crippen LogP contribution in [0.5, 0.6) is 0 Å². The van der Waals surface area contributed by atoms with Crippen molar-refractivity contribution in [2.24, 2.45) is 7.05 Å². The van der Waals surface area contributed by atoms with Crippen molar-refractivity contribution in [1.82, 2.24) is 0 Å². The number of pyridine rings is 1. The average molecular weight is 557 g/mol. The van der Waals surface area contributed by atoms with Gasteiger partial charge in [0.15, 0.2) is 0 Å². The number of nitrogens with zero attached hydrogens (tertiary/aromatic N) is 2. The zero-order valence-corrected chi connectivity index (χ0v) is 21.4. The molecule has 1 aliphatic heterocycles. The SMILES string of the molecule is CN1/C(=C\c2cc(-c3ccc(I)cc3)[n+](C)c3ccc4ccccc4c23)Sc2ccccc21. The molecule has 4 heteroatoms. The summed E-state index contributed by atoms with van der Waals surface area (Å²) in [5.41, 5.74) is 6.19. The summed E-state index contributed by atoms with van der Waals surface area (Å²) in [6, 6.07) is 32.9. The molecule has 0 saturated heterocycles. The van der Waals surface area contributed by atoms with Gasteiger partial charge in [-0.2, -0.15) is 4.57 Å². The van der Waals surface area contributed by atoms with Gasteiger partial charge in [-0.3, -0.25) is 0 Å². The molecule has 2 heterocycles. The molecule has 0 unspecified atom stereocenters. The Balaban J connectivity index is 1.65. The topological polar surface area (TPSA) is 7.12 Å². The first kappa shape index (κ1) is 20.8. The van der Waals surface area contributed by atoms with E-state index in [1.54, 1.807) is 0 Å². The van der Waals surface area contributed by atoms with Gasteiger partial charge in [-0.25, -0.2) is 0 Å². The molecule has 0 saturated carbocycles. The van der Waals surface area contributed by atoms with Gasteiger partial charge in [0.2, 0.25) is 11.2 Å². The summed E-state index contributed by atoms with van der Waals surface area (Å²) in [7, 11) is 4.33. The maximum Gasteiger partial charge on any atom is 0.214 e. The first-order valence-electron chi connectivity index (χ1n) is 10.9. The van der Waals surface area contributed by atoms with Crippen LogP contribution in [-0.4, -0.2) is 7.05 Å². The van der Waals surface area contributed by atoms with Crippen molar-refractivity contribution in [3.63, 3.8) is 0 Å². The van der Waals surface area contributed by atoms with Gasteiger partial charge in [-0.15, -0.1) is 0 Å². The summed E-state index contributed by atoms with van der Waals surface area (Å²) in [6.45, 7) is 0. The van der Waals surface area contributed by atoms with Crippen molar-refractivity contribution in [3.8, 4) is 11.3 Å². The molecule has 0 bridgehead atoms. The molecule has 5 aromatic rings. The van der Waals surface area contributed by atoms with E-state index in [-0.39, 0.29) is 0 Å². The van der Waals surface area contributed by atoms with Crippen molar-refractivity contribution in [2.75, 3.05) is 11.9 Å². The van der Waals surface area contributed by atoms with Crippen molar-refractivity contribution in [3.05, 3.63) is 105 Å². The molecule has 33 heavy (non-hydrogen) atoms. The molecule has 0 fully saturated rings. The van der Waals surface area contributed by atoms with E-state index in [4.69, 9.17) is 0 Å². The van der Waals surface area contributed by atoms with Gasteiger partial charge < -0.3 is 4.90 Å². The van der Waals surface area contributed by atoms with E-state index < -0.39 is 0 Å². The Morgan fingerprint density at radius 2 is 1.64 bits per heavy atom. The monoisotopic (exact) mass is 557 g/mol. The van der Waals surface area contributed by atoms with Crippen LogP contribution in [0.15, 0.2) is 101 Å². The fourth-order valence-electron chi connectivity index (χ4n) is 4.68. The van der Waals surface area contributed by atoms with Gasteiger partial charge in [0, 0.05) is 33.2 Å². The molecule has 0 radical (unpaired) electrons. The zero-order chi connectivity index (χ0) is 22.5. The molecule has 4 aromatic carbocycles. The van der Waals surface area contributed by atoms with Gasteiger partial charge in [0.05, 0.1) is 16.1 Å². The van der Waals surface area contributed by atoms with E-state index in [0.717, 1.165) is 0 Å². The van der Waals surface area contributed by atoms with Crippen LogP contribution < -0.4 is 9.47 Å². The minimum Gasteiger partial charge on any atom is -0.338 e. The fourth-order valence-corrected chi connectivity index (χ4v) is 6.14. The number of rotatable bonds is 2. The van der Waals surface area contributed by atoms with Gasteiger partial charge in [-0.05, 0) is 87.5 Å². The normalized spacial score (nSPS) is 14.4. The van der Waals surface area contributed by atoms with E-state index in [0.29, 0.717) is 0 Å². The largest absolute Gasteiger partial charge is 0.338 e.